The van der Waals surface area contributed by atoms with Crippen molar-refractivity contribution in [3.05, 3.63) is 27.3 Å². The summed E-state index contributed by atoms with van der Waals surface area (Å²) in [5, 5.41) is 8.53. The molecular formula is C8H6BrClN2. The second-order valence-electron chi connectivity index (χ2n) is 2.62. The Kier molecular flexibility index (Phi) is 1.85. The van der Waals surface area contributed by atoms with Gasteiger partial charge in [-0.1, -0.05) is 27.5 Å². The number of hydrogen-bond donors (Lipinski definition) is 1. The summed E-state index contributed by atoms with van der Waals surface area (Å²) >= 11 is 9.41. The zero-order chi connectivity index (χ0) is 8.72. The predicted molar refractivity (Wildman–Crippen MR) is 53.5 cm³/mol. The standard InChI is InChI=1S/C8H6BrClN2/c1-4-6(9)2-7(10)5-3-11-12-8(4)5/h2-3H,1H3,(H,11,12). The van der Waals surface area contributed by atoms with Crippen LogP contribution in [0, 0.1) is 6.92 Å². The molecular weight excluding hydrogens is 239 g/mol. The summed E-state index contributed by atoms with van der Waals surface area (Å²) < 4.78 is 1.00. The second kappa shape index (κ2) is 2.75. The fraction of sp³-hybridized carbons (Fsp3) is 0.125. The monoisotopic (exact) mass is 244 g/mol. The molecule has 0 radical (unpaired) electrons. The molecule has 1 aromatic heterocycles. The molecule has 0 saturated heterocycles. The van der Waals surface area contributed by atoms with Gasteiger partial charge in [0.1, 0.15) is 0 Å². The van der Waals surface area contributed by atoms with Gasteiger partial charge in [0.15, 0.2) is 0 Å². The van der Waals surface area contributed by atoms with Crippen molar-refractivity contribution in [2.45, 2.75) is 6.92 Å². The Morgan fingerprint density at radius 2 is 2.33 bits per heavy atom. The van der Waals surface area contributed by atoms with Gasteiger partial charge in [-0.15, -0.1) is 0 Å². The van der Waals surface area contributed by atoms with Crippen LogP contribution in [0.2, 0.25) is 5.02 Å². The highest BCUT2D eigenvalue weighted by Crippen LogP contribution is 2.30. The van der Waals surface area contributed by atoms with E-state index in [0.717, 1.165) is 26.0 Å². The Morgan fingerprint density at radius 3 is 3.08 bits per heavy atom. The molecule has 1 aromatic carbocycles. The summed E-state index contributed by atoms with van der Waals surface area (Å²) in [6.45, 7) is 2.01. The smallest absolute Gasteiger partial charge is 0.0705 e. The summed E-state index contributed by atoms with van der Waals surface area (Å²) in [4.78, 5) is 0. The number of aromatic nitrogens is 2. The summed E-state index contributed by atoms with van der Waals surface area (Å²) in [6.07, 6.45) is 1.73. The van der Waals surface area contributed by atoms with Crippen LogP contribution in [0.15, 0.2) is 16.7 Å². The van der Waals surface area contributed by atoms with Gasteiger partial charge in [0, 0.05) is 9.86 Å². The fourth-order valence-corrected chi connectivity index (χ4v) is 1.98. The van der Waals surface area contributed by atoms with E-state index in [1.54, 1.807) is 6.20 Å². The van der Waals surface area contributed by atoms with Crippen molar-refractivity contribution in [3.63, 3.8) is 0 Å². The third-order valence-electron chi connectivity index (χ3n) is 1.88. The van der Waals surface area contributed by atoms with E-state index in [0.29, 0.717) is 0 Å². The molecule has 0 aliphatic carbocycles. The van der Waals surface area contributed by atoms with Gasteiger partial charge in [0.25, 0.3) is 0 Å². The van der Waals surface area contributed by atoms with Crippen LogP contribution < -0.4 is 0 Å². The van der Waals surface area contributed by atoms with E-state index in [-0.39, 0.29) is 0 Å². The van der Waals surface area contributed by atoms with E-state index < -0.39 is 0 Å². The maximum Gasteiger partial charge on any atom is 0.0705 e. The summed E-state index contributed by atoms with van der Waals surface area (Å²) in [5.74, 6) is 0. The van der Waals surface area contributed by atoms with E-state index >= 15 is 0 Å². The molecule has 2 nitrogen and oxygen atoms in total. The second-order valence-corrected chi connectivity index (χ2v) is 3.89. The number of halogens is 2. The molecule has 0 spiro atoms. The molecule has 0 amide bonds. The first-order valence-corrected chi connectivity index (χ1v) is 4.65. The number of rotatable bonds is 0. The van der Waals surface area contributed by atoms with Crippen LogP contribution in [-0.2, 0) is 0 Å². The van der Waals surface area contributed by atoms with Gasteiger partial charge >= 0.3 is 0 Å². The highest BCUT2D eigenvalue weighted by molar-refractivity contribution is 9.10. The third kappa shape index (κ3) is 1.04. The van der Waals surface area contributed by atoms with Crippen LogP contribution in [0.25, 0.3) is 10.9 Å². The number of fused-ring (bicyclic) bond motifs is 1. The van der Waals surface area contributed by atoms with Crippen LogP contribution in [0.4, 0.5) is 0 Å². The van der Waals surface area contributed by atoms with E-state index in [1.807, 2.05) is 13.0 Å². The minimum atomic E-state index is 0.719. The lowest BCUT2D eigenvalue weighted by atomic mass is 10.2. The van der Waals surface area contributed by atoms with Crippen LogP contribution in [0.5, 0.6) is 0 Å². The van der Waals surface area contributed by atoms with Crippen LogP contribution in [-0.4, -0.2) is 10.2 Å². The molecule has 0 aliphatic rings. The molecule has 2 aromatic rings. The van der Waals surface area contributed by atoms with Crippen molar-refractivity contribution in [2.24, 2.45) is 0 Å². The molecule has 0 aliphatic heterocycles. The SMILES string of the molecule is Cc1c(Br)cc(Cl)c2cn[nH]c12. The lowest BCUT2D eigenvalue weighted by Gasteiger charge is -2.00. The van der Waals surface area contributed by atoms with Gasteiger partial charge in [0.2, 0.25) is 0 Å². The van der Waals surface area contributed by atoms with E-state index in [4.69, 9.17) is 11.6 Å². The number of nitrogens with one attached hydrogen (secondary N) is 1. The van der Waals surface area contributed by atoms with Gasteiger partial charge in [-0.05, 0) is 18.6 Å². The zero-order valence-electron chi connectivity index (χ0n) is 6.36. The minimum Gasteiger partial charge on any atom is -0.277 e. The maximum atomic E-state index is 5.99. The van der Waals surface area contributed by atoms with Crippen molar-refractivity contribution in [1.29, 1.82) is 0 Å². The number of benzene rings is 1. The first kappa shape index (κ1) is 8.08. The van der Waals surface area contributed by atoms with Crippen molar-refractivity contribution in [3.8, 4) is 0 Å². The van der Waals surface area contributed by atoms with Gasteiger partial charge in [-0.3, -0.25) is 5.10 Å². The van der Waals surface area contributed by atoms with Gasteiger partial charge in [0.05, 0.1) is 16.7 Å². The van der Waals surface area contributed by atoms with Gasteiger partial charge in [-0.2, -0.15) is 5.10 Å². The van der Waals surface area contributed by atoms with Crippen LogP contribution in [0.1, 0.15) is 5.56 Å². The molecule has 0 atom stereocenters. The highest BCUT2D eigenvalue weighted by atomic mass is 79.9. The highest BCUT2D eigenvalue weighted by Gasteiger charge is 2.06. The average molecular weight is 246 g/mol. The summed E-state index contributed by atoms with van der Waals surface area (Å²) in [7, 11) is 0. The zero-order valence-corrected chi connectivity index (χ0v) is 8.70. The van der Waals surface area contributed by atoms with Crippen molar-refractivity contribution < 1.29 is 0 Å². The molecule has 12 heavy (non-hydrogen) atoms. The normalized spacial score (nSPS) is 10.9. The number of aryl methyl sites for hydroxylation is 1. The number of aromatic amines is 1. The Labute approximate surface area is 83.0 Å². The number of H-pyrrole nitrogens is 1. The fourth-order valence-electron chi connectivity index (χ4n) is 1.17. The Morgan fingerprint density at radius 1 is 1.58 bits per heavy atom. The molecule has 1 N–H and O–H groups in total. The minimum absolute atomic E-state index is 0.719. The lowest BCUT2D eigenvalue weighted by Crippen LogP contribution is -1.79. The Hall–Kier alpha value is -0.540. The van der Waals surface area contributed by atoms with E-state index in [2.05, 4.69) is 26.1 Å². The first-order chi connectivity index (χ1) is 5.70. The van der Waals surface area contributed by atoms with Crippen LogP contribution in [0.3, 0.4) is 0 Å². The Bertz CT molecular complexity index is 436. The molecule has 0 fully saturated rings. The summed E-state index contributed by atoms with van der Waals surface area (Å²) in [5.41, 5.74) is 2.13. The third-order valence-corrected chi connectivity index (χ3v) is 3.02. The molecule has 0 bridgehead atoms. The maximum absolute atomic E-state index is 5.99. The molecule has 0 unspecified atom stereocenters. The number of nitrogens with zero attached hydrogens (tertiary/aromatic N) is 1. The molecule has 1 heterocycles. The van der Waals surface area contributed by atoms with E-state index in [1.165, 1.54) is 0 Å². The first-order valence-electron chi connectivity index (χ1n) is 3.48. The quantitative estimate of drug-likeness (QED) is 0.758. The molecule has 0 saturated carbocycles. The van der Waals surface area contributed by atoms with Crippen molar-refractivity contribution in [1.82, 2.24) is 10.2 Å². The van der Waals surface area contributed by atoms with Crippen LogP contribution >= 0.6 is 27.5 Å². The number of hydrogen-bond acceptors (Lipinski definition) is 1. The average Bonchev–Trinajstić information content (AvgIpc) is 2.48. The topological polar surface area (TPSA) is 28.7 Å². The molecule has 62 valence electrons. The predicted octanol–water partition coefficient (Wildman–Crippen LogP) is 3.29. The Balaban J connectivity index is 2.97. The van der Waals surface area contributed by atoms with Crippen molar-refractivity contribution in [2.75, 3.05) is 0 Å². The van der Waals surface area contributed by atoms with Gasteiger partial charge < -0.3 is 0 Å². The lowest BCUT2D eigenvalue weighted by molar-refractivity contribution is 1.11. The van der Waals surface area contributed by atoms with Crippen molar-refractivity contribution >= 4 is 38.4 Å². The van der Waals surface area contributed by atoms with E-state index in [9.17, 15) is 0 Å². The largest absolute Gasteiger partial charge is 0.277 e. The summed E-state index contributed by atoms with van der Waals surface area (Å²) in [6, 6.07) is 1.88. The molecule has 4 heteroatoms. The van der Waals surface area contributed by atoms with Gasteiger partial charge in [-0.25, -0.2) is 0 Å². The molecule has 2 rings (SSSR count).